The van der Waals surface area contributed by atoms with Crippen molar-refractivity contribution in [3.63, 3.8) is 0 Å². The molecule has 1 aliphatic carbocycles. The highest BCUT2D eigenvalue weighted by molar-refractivity contribution is 6.22. The van der Waals surface area contributed by atoms with E-state index in [0.717, 1.165) is 0 Å². The van der Waals surface area contributed by atoms with Gasteiger partial charge in [-0.25, -0.2) is 0 Å². The fraction of sp³-hybridized carbons (Fsp3) is 0.889. The van der Waals surface area contributed by atoms with Crippen molar-refractivity contribution in [1.82, 2.24) is 0 Å². The van der Waals surface area contributed by atoms with Crippen LogP contribution in [0.4, 0.5) is 0 Å². The molecule has 0 heterocycles. The van der Waals surface area contributed by atoms with Crippen molar-refractivity contribution in [1.29, 1.82) is 0 Å². The average Bonchev–Trinajstić information content (AvgIpc) is 2.44. The van der Waals surface area contributed by atoms with Crippen LogP contribution in [0.1, 0.15) is 19.8 Å². The maximum Gasteiger partial charge on any atom is 0.139 e. The van der Waals surface area contributed by atoms with E-state index in [1.165, 1.54) is 0 Å². The van der Waals surface area contributed by atoms with Gasteiger partial charge in [0, 0.05) is 12.3 Å². The molecule has 0 bridgehead atoms. The van der Waals surface area contributed by atoms with Crippen molar-refractivity contribution in [2.75, 3.05) is 11.8 Å². The van der Waals surface area contributed by atoms with Gasteiger partial charge in [0.2, 0.25) is 0 Å². The summed E-state index contributed by atoms with van der Waals surface area (Å²) in [7, 11) is 0. The standard InChI is InChI=1S/C9H14Cl2O2/c1-6-2-7(8(12)3-6)9(13,4-10)5-11/h6-7,13H,2-5H2,1H3/t6-,7+/m1/s1. The molecule has 1 N–H and O–H groups in total. The lowest BCUT2D eigenvalue weighted by molar-refractivity contribution is -0.126. The molecule has 1 rings (SSSR count). The minimum Gasteiger partial charge on any atom is -0.387 e. The summed E-state index contributed by atoms with van der Waals surface area (Å²) in [6, 6.07) is 0. The molecule has 0 unspecified atom stereocenters. The van der Waals surface area contributed by atoms with E-state index in [9.17, 15) is 9.90 Å². The first-order valence-corrected chi connectivity index (χ1v) is 5.47. The third kappa shape index (κ3) is 2.17. The predicted octanol–water partition coefficient (Wildman–Crippen LogP) is 1.81. The quantitative estimate of drug-likeness (QED) is 0.743. The van der Waals surface area contributed by atoms with E-state index in [0.29, 0.717) is 18.8 Å². The lowest BCUT2D eigenvalue weighted by Crippen LogP contribution is -2.44. The van der Waals surface area contributed by atoms with Gasteiger partial charge in [-0.3, -0.25) is 4.79 Å². The van der Waals surface area contributed by atoms with Gasteiger partial charge in [0.15, 0.2) is 0 Å². The van der Waals surface area contributed by atoms with Gasteiger partial charge in [0.1, 0.15) is 11.4 Å². The van der Waals surface area contributed by atoms with Gasteiger partial charge < -0.3 is 5.11 Å². The third-order valence-electron chi connectivity index (χ3n) is 2.69. The molecule has 1 fully saturated rings. The van der Waals surface area contributed by atoms with Crippen molar-refractivity contribution >= 4 is 29.0 Å². The molecule has 1 aliphatic rings. The van der Waals surface area contributed by atoms with Gasteiger partial charge >= 0.3 is 0 Å². The molecule has 0 aromatic heterocycles. The van der Waals surface area contributed by atoms with Crippen LogP contribution in [0.15, 0.2) is 0 Å². The SMILES string of the molecule is C[C@H]1CC(=O)[C@@H](C(O)(CCl)CCl)C1. The zero-order valence-corrected chi connectivity index (χ0v) is 9.11. The second-order valence-corrected chi connectivity index (χ2v) is 4.47. The summed E-state index contributed by atoms with van der Waals surface area (Å²) < 4.78 is 0. The van der Waals surface area contributed by atoms with Crippen LogP contribution in [0.5, 0.6) is 0 Å². The molecule has 0 saturated heterocycles. The molecule has 0 spiro atoms. The summed E-state index contributed by atoms with van der Waals surface area (Å²) in [6.45, 7) is 2.00. The summed E-state index contributed by atoms with van der Waals surface area (Å²) >= 11 is 11.2. The normalized spacial score (nSPS) is 29.7. The van der Waals surface area contributed by atoms with Gasteiger partial charge in [-0.05, 0) is 12.3 Å². The summed E-state index contributed by atoms with van der Waals surface area (Å²) in [5, 5.41) is 9.93. The Hall–Kier alpha value is 0.210. The number of rotatable bonds is 3. The Morgan fingerprint density at radius 1 is 1.54 bits per heavy atom. The van der Waals surface area contributed by atoms with Crippen LogP contribution in [0, 0.1) is 11.8 Å². The molecule has 0 aromatic rings. The summed E-state index contributed by atoms with van der Waals surface area (Å²) in [6.07, 6.45) is 1.25. The number of alkyl halides is 2. The third-order valence-corrected chi connectivity index (χ3v) is 3.61. The molecule has 76 valence electrons. The lowest BCUT2D eigenvalue weighted by Gasteiger charge is -2.28. The number of ketones is 1. The minimum atomic E-state index is -1.20. The first kappa shape index (κ1) is 11.3. The van der Waals surface area contributed by atoms with E-state index in [4.69, 9.17) is 23.2 Å². The second-order valence-electron chi connectivity index (χ2n) is 3.93. The lowest BCUT2D eigenvalue weighted by atomic mass is 9.88. The zero-order valence-electron chi connectivity index (χ0n) is 7.59. The number of carbonyl (C=O) groups excluding carboxylic acids is 1. The van der Waals surface area contributed by atoms with Gasteiger partial charge in [0.05, 0.1) is 11.8 Å². The number of halogens is 2. The highest BCUT2D eigenvalue weighted by Crippen LogP contribution is 2.36. The molecule has 0 radical (unpaired) electrons. The Morgan fingerprint density at radius 3 is 2.38 bits per heavy atom. The van der Waals surface area contributed by atoms with E-state index in [2.05, 4.69) is 0 Å². The van der Waals surface area contributed by atoms with E-state index < -0.39 is 5.60 Å². The molecule has 4 heteroatoms. The number of Topliss-reactive ketones (excluding diaryl/α,β-unsaturated/α-hetero) is 1. The van der Waals surface area contributed by atoms with Crippen LogP contribution < -0.4 is 0 Å². The predicted molar refractivity (Wildman–Crippen MR) is 53.3 cm³/mol. The van der Waals surface area contributed by atoms with E-state index in [1.807, 2.05) is 6.92 Å². The highest BCUT2D eigenvalue weighted by atomic mass is 35.5. The summed E-state index contributed by atoms with van der Waals surface area (Å²) in [5.74, 6) is 0.128. The van der Waals surface area contributed by atoms with Crippen LogP contribution >= 0.6 is 23.2 Å². The maximum absolute atomic E-state index is 11.5. The average molecular weight is 225 g/mol. The van der Waals surface area contributed by atoms with Gasteiger partial charge in [-0.1, -0.05) is 6.92 Å². The van der Waals surface area contributed by atoms with Gasteiger partial charge in [-0.15, -0.1) is 23.2 Å². The Morgan fingerprint density at radius 2 is 2.08 bits per heavy atom. The fourth-order valence-corrected chi connectivity index (χ4v) is 2.50. The van der Waals surface area contributed by atoms with Gasteiger partial charge in [0.25, 0.3) is 0 Å². The van der Waals surface area contributed by atoms with Gasteiger partial charge in [-0.2, -0.15) is 0 Å². The molecule has 0 aliphatic heterocycles. The Balaban J connectivity index is 2.75. The summed E-state index contributed by atoms with van der Waals surface area (Å²) in [5.41, 5.74) is -1.20. The van der Waals surface area contributed by atoms with Crippen molar-refractivity contribution in [3.05, 3.63) is 0 Å². The molecular formula is C9H14Cl2O2. The Bertz CT molecular complexity index is 202. The number of aliphatic hydroxyl groups is 1. The topological polar surface area (TPSA) is 37.3 Å². The van der Waals surface area contributed by atoms with Crippen LogP contribution in [-0.4, -0.2) is 28.3 Å². The van der Waals surface area contributed by atoms with Crippen LogP contribution in [0.3, 0.4) is 0 Å². The van der Waals surface area contributed by atoms with Crippen LogP contribution in [0.2, 0.25) is 0 Å². The monoisotopic (exact) mass is 224 g/mol. The van der Waals surface area contributed by atoms with Crippen molar-refractivity contribution < 1.29 is 9.90 Å². The molecule has 0 amide bonds. The Labute approximate surface area is 88.2 Å². The van der Waals surface area contributed by atoms with E-state index >= 15 is 0 Å². The van der Waals surface area contributed by atoms with Crippen LogP contribution in [0.25, 0.3) is 0 Å². The molecule has 2 atom stereocenters. The minimum absolute atomic E-state index is 0.0274. The first-order chi connectivity index (χ1) is 6.03. The van der Waals surface area contributed by atoms with Crippen molar-refractivity contribution in [2.45, 2.75) is 25.4 Å². The largest absolute Gasteiger partial charge is 0.387 e. The number of hydrogen-bond donors (Lipinski definition) is 1. The van der Waals surface area contributed by atoms with Crippen LogP contribution in [-0.2, 0) is 4.79 Å². The zero-order chi connectivity index (χ0) is 10.1. The molecule has 2 nitrogen and oxygen atoms in total. The molecule has 13 heavy (non-hydrogen) atoms. The fourth-order valence-electron chi connectivity index (χ4n) is 1.84. The number of carbonyl (C=O) groups is 1. The van der Waals surface area contributed by atoms with E-state index in [-0.39, 0.29) is 23.5 Å². The van der Waals surface area contributed by atoms with Crippen molar-refractivity contribution in [3.8, 4) is 0 Å². The summed E-state index contributed by atoms with van der Waals surface area (Å²) in [4.78, 5) is 11.5. The first-order valence-electron chi connectivity index (χ1n) is 4.40. The molecule has 0 aromatic carbocycles. The number of hydrogen-bond acceptors (Lipinski definition) is 2. The maximum atomic E-state index is 11.5. The smallest absolute Gasteiger partial charge is 0.139 e. The Kier molecular flexibility index (Phi) is 3.61. The van der Waals surface area contributed by atoms with Crippen molar-refractivity contribution in [2.24, 2.45) is 11.8 Å². The van der Waals surface area contributed by atoms with E-state index in [1.54, 1.807) is 0 Å². The molecular weight excluding hydrogens is 211 g/mol. The molecule has 1 saturated carbocycles. The second kappa shape index (κ2) is 4.16. The highest BCUT2D eigenvalue weighted by Gasteiger charge is 2.44.